The third-order valence-corrected chi connectivity index (χ3v) is 3.26. The van der Waals surface area contributed by atoms with E-state index in [1.54, 1.807) is 12.1 Å². The van der Waals surface area contributed by atoms with Crippen LogP contribution in [0.15, 0.2) is 18.2 Å². The SMILES string of the molecule is CC(CBr)c1ccc(Cl)c([N+](=O)[O-])c1. The van der Waals surface area contributed by atoms with Crippen molar-refractivity contribution < 1.29 is 4.92 Å². The van der Waals surface area contributed by atoms with Gasteiger partial charge in [0.2, 0.25) is 0 Å². The highest BCUT2D eigenvalue weighted by molar-refractivity contribution is 9.09. The lowest BCUT2D eigenvalue weighted by Gasteiger charge is -2.07. The van der Waals surface area contributed by atoms with Crippen molar-refractivity contribution in [3.05, 3.63) is 38.9 Å². The number of halogens is 2. The summed E-state index contributed by atoms with van der Waals surface area (Å²) >= 11 is 9.01. The van der Waals surface area contributed by atoms with E-state index >= 15 is 0 Å². The van der Waals surface area contributed by atoms with Crippen LogP contribution in [-0.2, 0) is 0 Å². The lowest BCUT2D eigenvalue weighted by molar-refractivity contribution is -0.384. The maximum absolute atomic E-state index is 10.6. The molecule has 5 heteroatoms. The van der Waals surface area contributed by atoms with Crippen LogP contribution in [0.2, 0.25) is 5.02 Å². The molecule has 1 rings (SSSR count). The van der Waals surface area contributed by atoms with Gasteiger partial charge in [0.1, 0.15) is 5.02 Å². The van der Waals surface area contributed by atoms with Crippen LogP contribution in [0.25, 0.3) is 0 Å². The highest BCUT2D eigenvalue weighted by Gasteiger charge is 2.14. The number of nitro groups is 1. The van der Waals surface area contributed by atoms with E-state index in [1.807, 2.05) is 6.92 Å². The van der Waals surface area contributed by atoms with E-state index in [1.165, 1.54) is 6.07 Å². The van der Waals surface area contributed by atoms with Gasteiger partial charge in [-0.05, 0) is 17.5 Å². The molecule has 0 amide bonds. The van der Waals surface area contributed by atoms with Crippen LogP contribution in [-0.4, -0.2) is 10.3 Å². The molecule has 0 saturated carbocycles. The van der Waals surface area contributed by atoms with Crippen LogP contribution in [0.3, 0.4) is 0 Å². The van der Waals surface area contributed by atoms with E-state index in [9.17, 15) is 10.1 Å². The maximum atomic E-state index is 10.6. The molecule has 0 aliphatic rings. The lowest BCUT2D eigenvalue weighted by Crippen LogP contribution is -1.97. The quantitative estimate of drug-likeness (QED) is 0.480. The van der Waals surface area contributed by atoms with Crippen molar-refractivity contribution >= 4 is 33.2 Å². The summed E-state index contributed by atoms with van der Waals surface area (Å²) in [6.45, 7) is 1.99. The summed E-state index contributed by atoms with van der Waals surface area (Å²) in [6.07, 6.45) is 0. The van der Waals surface area contributed by atoms with Crippen LogP contribution in [0, 0.1) is 10.1 Å². The molecular formula is C9H9BrClNO2. The van der Waals surface area contributed by atoms with E-state index in [2.05, 4.69) is 15.9 Å². The van der Waals surface area contributed by atoms with Gasteiger partial charge in [0, 0.05) is 11.4 Å². The minimum atomic E-state index is -0.465. The lowest BCUT2D eigenvalue weighted by atomic mass is 10.0. The van der Waals surface area contributed by atoms with Gasteiger partial charge in [-0.25, -0.2) is 0 Å². The fourth-order valence-corrected chi connectivity index (χ4v) is 1.63. The fraction of sp³-hybridized carbons (Fsp3) is 0.333. The maximum Gasteiger partial charge on any atom is 0.288 e. The Kier molecular flexibility index (Phi) is 3.89. The summed E-state index contributed by atoms with van der Waals surface area (Å²) in [5, 5.41) is 11.5. The fourth-order valence-electron chi connectivity index (χ4n) is 1.07. The van der Waals surface area contributed by atoms with Crippen molar-refractivity contribution in [3.8, 4) is 0 Å². The van der Waals surface area contributed by atoms with Gasteiger partial charge in [0.25, 0.3) is 5.69 Å². The van der Waals surface area contributed by atoms with E-state index < -0.39 is 4.92 Å². The second kappa shape index (κ2) is 4.75. The summed E-state index contributed by atoms with van der Waals surface area (Å²) in [5.74, 6) is 0.242. The second-order valence-electron chi connectivity index (χ2n) is 3.02. The first-order valence-electron chi connectivity index (χ1n) is 4.06. The zero-order valence-electron chi connectivity index (χ0n) is 7.54. The molecule has 1 atom stereocenters. The number of rotatable bonds is 3. The van der Waals surface area contributed by atoms with Crippen LogP contribution in [0.1, 0.15) is 18.4 Å². The molecule has 0 aliphatic heterocycles. The molecule has 0 radical (unpaired) electrons. The van der Waals surface area contributed by atoms with Gasteiger partial charge in [-0.3, -0.25) is 10.1 Å². The molecule has 0 aliphatic carbocycles. The van der Waals surface area contributed by atoms with Gasteiger partial charge in [0.05, 0.1) is 4.92 Å². The van der Waals surface area contributed by atoms with E-state index in [4.69, 9.17) is 11.6 Å². The molecule has 0 heterocycles. The molecule has 0 spiro atoms. The predicted molar refractivity (Wildman–Crippen MR) is 60.3 cm³/mol. The molecule has 0 saturated heterocycles. The first-order valence-corrected chi connectivity index (χ1v) is 5.56. The molecule has 1 aromatic carbocycles. The third kappa shape index (κ3) is 2.45. The highest BCUT2D eigenvalue weighted by atomic mass is 79.9. The van der Waals surface area contributed by atoms with Crippen molar-refractivity contribution in [2.24, 2.45) is 0 Å². The average molecular weight is 279 g/mol. The van der Waals surface area contributed by atoms with Crippen LogP contribution in [0.4, 0.5) is 5.69 Å². The average Bonchev–Trinajstić information content (AvgIpc) is 2.17. The van der Waals surface area contributed by atoms with Gasteiger partial charge < -0.3 is 0 Å². The van der Waals surface area contributed by atoms with Gasteiger partial charge in [-0.1, -0.05) is 40.5 Å². The summed E-state index contributed by atoms with van der Waals surface area (Å²) in [6, 6.07) is 4.89. The van der Waals surface area contributed by atoms with Gasteiger partial charge in [0.15, 0.2) is 0 Å². The van der Waals surface area contributed by atoms with Crippen molar-refractivity contribution in [1.82, 2.24) is 0 Å². The molecule has 14 heavy (non-hydrogen) atoms. The number of nitrogens with zero attached hydrogens (tertiary/aromatic N) is 1. The number of benzene rings is 1. The molecule has 0 bridgehead atoms. The summed E-state index contributed by atoms with van der Waals surface area (Å²) < 4.78 is 0. The largest absolute Gasteiger partial charge is 0.288 e. The Bertz CT molecular complexity index is 357. The number of alkyl halides is 1. The van der Waals surface area contributed by atoms with Crippen molar-refractivity contribution in [2.45, 2.75) is 12.8 Å². The Labute approximate surface area is 95.4 Å². The molecule has 0 aromatic heterocycles. The first kappa shape index (κ1) is 11.5. The monoisotopic (exact) mass is 277 g/mol. The summed E-state index contributed by atoms with van der Waals surface area (Å²) in [4.78, 5) is 10.1. The first-order chi connectivity index (χ1) is 6.56. The molecule has 1 aromatic rings. The summed E-state index contributed by atoms with van der Waals surface area (Å²) in [5.41, 5.74) is 0.884. The second-order valence-corrected chi connectivity index (χ2v) is 4.08. The molecular weight excluding hydrogens is 269 g/mol. The minimum absolute atomic E-state index is 0.0306. The summed E-state index contributed by atoms with van der Waals surface area (Å²) in [7, 11) is 0. The zero-order chi connectivity index (χ0) is 10.7. The third-order valence-electron chi connectivity index (χ3n) is 1.97. The van der Waals surface area contributed by atoms with Crippen LogP contribution in [0.5, 0.6) is 0 Å². The van der Waals surface area contributed by atoms with Crippen molar-refractivity contribution in [1.29, 1.82) is 0 Å². The normalized spacial score (nSPS) is 12.5. The predicted octanol–water partition coefficient (Wildman–Crippen LogP) is 3.75. The molecule has 1 unspecified atom stereocenters. The molecule has 0 fully saturated rings. The minimum Gasteiger partial charge on any atom is -0.258 e. The Hall–Kier alpha value is -0.610. The van der Waals surface area contributed by atoms with Gasteiger partial charge in [-0.15, -0.1) is 0 Å². The zero-order valence-corrected chi connectivity index (χ0v) is 9.88. The van der Waals surface area contributed by atoms with Gasteiger partial charge in [-0.2, -0.15) is 0 Å². The van der Waals surface area contributed by atoms with Crippen molar-refractivity contribution in [2.75, 3.05) is 5.33 Å². The Morgan fingerprint density at radius 1 is 1.64 bits per heavy atom. The Balaban J connectivity index is 3.12. The number of hydrogen-bond donors (Lipinski definition) is 0. The Morgan fingerprint density at radius 2 is 2.29 bits per heavy atom. The smallest absolute Gasteiger partial charge is 0.258 e. The number of hydrogen-bond acceptors (Lipinski definition) is 2. The van der Waals surface area contributed by atoms with E-state index in [0.717, 1.165) is 10.9 Å². The highest BCUT2D eigenvalue weighted by Crippen LogP contribution is 2.28. The van der Waals surface area contributed by atoms with E-state index in [0.29, 0.717) is 0 Å². The van der Waals surface area contributed by atoms with E-state index in [-0.39, 0.29) is 16.6 Å². The van der Waals surface area contributed by atoms with Crippen LogP contribution >= 0.6 is 27.5 Å². The van der Waals surface area contributed by atoms with Crippen molar-refractivity contribution in [3.63, 3.8) is 0 Å². The number of nitro benzene ring substituents is 1. The molecule has 76 valence electrons. The molecule has 0 N–H and O–H groups in total. The Morgan fingerprint density at radius 3 is 2.79 bits per heavy atom. The topological polar surface area (TPSA) is 43.1 Å². The standard InChI is InChI=1S/C9H9BrClNO2/c1-6(5-10)7-2-3-8(11)9(4-7)12(13)14/h2-4,6H,5H2,1H3. The molecule has 3 nitrogen and oxygen atoms in total. The van der Waals surface area contributed by atoms with Crippen LogP contribution < -0.4 is 0 Å². The van der Waals surface area contributed by atoms with Gasteiger partial charge >= 0.3 is 0 Å².